The summed E-state index contributed by atoms with van der Waals surface area (Å²) >= 11 is 9.14. The number of halogens is 1. The summed E-state index contributed by atoms with van der Waals surface area (Å²) in [5.74, 6) is 0.0611. The molecule has 1 heterocycles. The Hall–Kier alpha value is -1.56. The van der Waals surface area contributed by atoms with E-state index in [2.05, 4.69) is 10.3 Å². The lowest BCUT2D eigenvalue weighted by molar-refractivity contribution is -0.120. The molecule has 0 bridgehead atoms. The molecule has 0 spiro atoms. The van der Waals surface area contributed by atoms with E-state index in [4.69, 9.17) is 11.6 Å². The molecule has 1 fully saturated rings. The van der Waals surface area contributed by atoms with Crippen LogP contribution < -0.4 is 5.32 Å². The van der Waals surface area contributed by atoms with Crippen molar-refractivity contribution in [2.24, 2.45) is 0 Å². The molecule has 4 rings (SSSR count). The maximum absolute atomic E-state index is 12.7. The summed E-state index contributed by atoms with van der Waals surface area (Å²) in [5.41, 5.74) is 1.88. The van der Waals surface area contributed by atoms with Crippen molar-refractivity contribution in [3.05, 3.63) is 59.1 Å². The SMILES string of the molecule is O=C(NC1CC1)[C@@H](Sc1nc2cc(Cl)ccc2s1)c1ccccc1. The van der Waals surface area contributed by atoms with Gasteiger partial charge in [0.25, 0.3) is 0 Å². The molecular weight excluding hydrogens is 360 g/mol. The van der Waals surface area contributed by atoms with Gasteiger partial charge in [-0.05, 0) is 36.6 Å². The van der Waals surface area contributed by atoms with Crippen LogP contribution in [0.3, 0.4) is 0 Å². The van der Waals surface area contributed by atoms with Crippen LogP contribution in [0.25, 0.3) is 10.2 Å². The second-order valence-electron chi connectivity index (χ2n) is 5.78. The average molecular weight is 375 g/mol. The summed E-state index contributed by atoms with van der Waals surface area (Å²) in [6, 6.07) is 15.9. The number of aromatic nitrogens is 1. The van der Waals surface area contributed by atoms with E-state index in [1.807, 2.05) is 48.5 Å². The standard InChI is InChI=1S/C18H15ClN2OS2/c19-12-6-9-15-14(10-12)21-18(23-15)24-16(11-4-2-1-3-5-11)17(22)20-13-7-8-13/h1-6,9-10,13,16H,7-8H2,(H,20,22)/t16-/m0/s1. The van der Waals surface area contributed by atoms with Crippen LogP contribution >= 0.6 is 34.7 Å². The van der Waals surface area contributed by atoms with E-state index in [0.717, 1.165) is 33.0 Å². The third-order valence-electron chi connectivity index (χ3n) is 3.81. The topological polar surface area (TPSA) is 42.0 Å². The van der Waals surface area contributed by atoms with Gasteiger partial charge in [-0.15, -0.1) is 11.3 Å². The Balaban J connectivity index is 1.63. The van der Waals surface area contributed by atoms with Crippen LogP contribution in [0.4, 0.5) is 0 Å². The van der Waals surface area contributed by atoms with E-state index in [1.54, 1.807) is 11.3 Å². The molecule has 122 valence electrons. The summed E-state index contributed by atoms with van der Waals surface area (Å²) < 4.78 is 1.96. The fourth-order valence-electron chi connectivity index (χ4n) is 2.44. The highest BCUT2D eigenvalue weighted by atomic mass is 35.5. The van der Waals surface area contributed by atoms with Crippen LogP contribution in [0.5, 0.6) is 0 Å². The monoisotopic (exact) mass is 374 g/mol. The fraction of sp³-hybridized carbons (Fsp3) is 0.222. The van der Waals surface area contributed by atoms with Gasteiger partial charge in [-0.3, -0.25) is 4.79 Å². The molecule has 3 aromatic rings. The number of carbonyl (C=O) groups is 1. The highest BCUT2D eigenvalue weighted by Gasteiger charge is 2.29. The summed E-state index contributed by atoms with van der Waals surface area (Å²) in [7, 11) is 0. The fourth-order valence-corrected chi connectivity index (χ4v) is 4.85. The van der Waals surface area contributed by atoms with E-state index in [1.165, 1.54) is 11.8 Å². The molecule has 3 nitrogen and oxygen atoms in total. The first-order chi connectivity index (χ1) is 11.7. The molecule has 1 aliphatic rings. The first kappa shape index (κ1) is 15.9. The summed E-state index contributed by atoms with van der Waals surface area (Å²) in [5, 5.41) is 3.50. The number of rotatable bonds is 5. The zero-order valence-electron chi connectivity index (χ0n) is 12.7. The minimum Gasteiger partial charge on any atom is -0.352 e. The largest absolute Gasteiger partial charge is 0.352 e. The lowest BCUT2D eigenvalue weighted by atomic mass is 10.1. The molecule has 1 aliphatic carbocycles. The smallest absolute Gasteiger partial charge is 0.238 e. The number of carbonyl (C=O) groups excluding carboxylic acids is 1. The van der Waals surface area contributed by atoms with E-state index in [9.17, 15) is 4.79 Å². The molecule has 0 unspecified atom stereocenters. The van der Waals surface area contributed by atoms with E-state index < -0.39 is 0 Å². The van der Waals surface area contributed by atoms with Crippen LogP contribution in [0.2, 0.25) is 5.02 Å². The minimum absolute atomic E-state index is 0.0611. The molecule has 0 radical (unpaired) electrons. The van der Waals surface area contributed by atoms with Gasteiger partial charge in [0, 0.05) is 11.1 Å². The van der Waals surface area contributed by atoms with Crippen molar-refractivity contribution in [2.45, 2.75) is 28.5 Å². The number of nitrogens with one attached hydrogen (secondary N) is 1. The van der Waals surface area contributed by atoms with Crippen LogP contribution in [0.1, 0.15) is 23.7 Å². The van der Waals surface area contributed by atoms with Gasteiger partial charge in [0.1, 0.15) is 5.25 Å². The second-order valence-corrected chi connectivity index (χ2v) is 8.60. The van der Waals surface area contributed by atoms with E-state index in [0.29, 0.717) is 11.1 Å². The number of benzene rings is 2. The summed E-state index contributed by atoms with van der Waals surface area (Å²) in [6.07, 6.45) is 2.16. The molecular formula is C18H15ClN2OS2. The van der Waals surface area contributed by atoms with Crippen LogP contribution in [-0.4, -0.2) is 16.9 Å². The van der Waals surface area contributed by atoms with Gasteiger partial charge in [0.05, 0.1) is 10.2 Å². The van der Waals surface area contributed by atoms with Gasteiger partial charge >= 0.3 is 0 Å². The number of hydrogen-bond acceptors (Lipinski definition) is 4. The van der Waals surface area contributed by atoms with Crippen LogP contribution in [0.15, 0.2) is 52.9 Å². The van der Waals surface area contributed by atoms with Crippen molar-refractivity contribution in [3.63, 3.8) is 0 Å². The Kier molecular flexibility index (Phi) is 4.48. The molecule has 1 N–H and O–H groups in total. The normalized spacial score (nSPS) is 15.4. The minimum atomic E-state index is -0.289. The molecule has 6 heteroatoms. The lowest BCUT2D eigenvalue weighted by Crippen LogP contribution is -2.29. The molecule has 1 atom stereocenters. The lowest BCUT2D eigenvalue weighted by Gasteiger charge is -2.15. The van der Waals surface area contributed by atoms with Crippen molar-refractivity contribution >= 4 is 50.8 Å². The summed E-state index contributed by atoms with van der Waals surface area (Å²) in [6.45, 7) is 0. The number of nitrogens with zero attached hydrogens (tertiary/aromatic N) is 1. The molecule has 1 amide bonds. The Morgan fingerprint density at radius 2 is 2.04 bits per heavy atom. The molecule has 1 aromatic heterocycles. The Morgan fingerprint density at radius 1 is 1.25 bits per heavy atom. The third-order valence-corrected chi connectivity index (χ3v) is 6.43. The van der Waals surface area contributed by atoms with E-state index in [-0.39, 0.29) is 11.2 Å². The quantitative estimate of drug-likeness (QED) is 0.634. The molecule has 0 saturated heterocycles. The first-order valence-electron chi connectivity index (χ1n) is 7.77. The summed E-state index contributed by atoms with van der Waals surface area (Å²) in [4.78, 5) is 17.3. The highest BCUT2D eigenvalue weighted by molar-refractivity contribution is 8.02. The molecule has 24 heavy (non-hydrogen) atoms. The van der Waals surface area contributed by atoms with Crippen molar-refractivity contribution in [3.8, 4) is 0 Å². The maximum Gasteiger partial charge on any atom is 0.238 e. The third kappa shape index (κ3) is 3.58. The predicted octanol–water partition coefficient (Wildman–Crippen LogP) is 5.06. The van der Waals surface area contributed by atoms with Crippen LogP contribution in [0, 0.1) is 0 Å². The molecule has 2 aromatic carbocycles. The molecule has 1 saturated carbocycles. The van der Waals surface area contributed by atoms with Gasteiger partial charge in [-0.25, -0.2) is 4.98 Å². The van der Waals surface area contributed by atoms with Gasteiger partial charge in [0.15, 0.2) is 4.34 Å². The zero-order chi connectivity index (χ0) is 16.5. The van der Waals surface area contributed by atoms with Gasteiger partial charge in [0.2, 0.25) is 5.91 Å². The second kappa shape index (κ2) is 6.75. The first-order valence-corrected chi connectivity index (χ1v) is 9.84. The Bertz CT molecular complexity index is 877. The highest BCUT2D eigenvalue weighted by Crippen LogP contribution is 2.40. The van der Waals surface area contributed by atoms with Gasteiger partial charge in [-0.2, -0.15) is 0 Å². The Labute approximate surface area is 153 Å². The number of thiazole rings is 1. The zero-order valence-corrected chi connectivity index (χ0v) is 15.1. The number of hydrogen-bond donors (Lipinski definition) is 1. The number of thioether (sulfide) groups is 1. The van der Waals surface area contributed by atoms with Gasteiger partial charge < -0.3 is 5.32 Å². The van der Waals surface area contributed by atoms with Gasteiger partial charge in [-0.1, -0.05) is 53.7 Å². The van der Waals surface area contributed by atoms with E-state index >= 15 is 0 Å². The van der Waals surface area contributed by atoms with Crippen molar-refractivity contribution in [1.82, 2.24) is 10.3 Å². The van der Waals surface area contributed by atoms with Crippen molar-refractivity contribution < 1.29 is 4.79 Å². The van der Waals surface area contributed by atoms with Crippen molar-refractivity contribution in [1.29, 1.82) is 0 Å². The number of fused-ring (bicyclic) bond motifs is 1. The van der Waals surface area contributed by atoms with Crippen molar-refractivity contribution in [2.75, 3.05) is 0 Å². The predicted molar refractivity (Wildman–Crippen MR) is 101 cm³/mol. The molecule has 0 aliphatic heterocycles. The Morgan fingerprint density at radius 3 is 2.79 bits per heavy atom. The maximum atomic E-state index is 12.7. The number of amides is 1. The average Bonchev–Trinajstić information content (AvgIpc) is 3.30. The van der Waals surface area contributed by atoms with Crippen LogP contribution in [-0.2, 0) is 4.79 Å².